The van der Waals surface area contributed by atoms with Crippen LogP contribution >= 0.6 is 0 Å². The Kier molecular flexibility index (Phi) is 4.54. The van der Waals surface area contributed by atoms with Crippen LogP contribution in [0, 0.1) is 0 Å². The van der Waals surface area contributed by atoms with Gasteiger partial charge < -0.3 is 0 Å². The Labute approximate surface area is 46.6 Å². The van der Waals surface area contributed by atoms with Gasteiger partial charge in [-0.25, -0.2) is 0 Å². The normalized spacial score (nSPS) is 9.00. The summed E-state index contributed by atoms with van der Waals surface area (Å²) in [4.78, 5) is 3.46. The van der Waals surface area contributed by atoms with Crippen molar-refractivity contribution in [3.05, 3.63) is 9.98 Å². The average molecular weight is 264 g/mol. The average Bonchev–Trinajstić information content (AvgIpc) is 1.41. The van der Waals surface area contributed by atoms with Crippen LogP contribution in [-0.2, 0) is 0 Å². The zero-order chi connectivity index (χ0) is 4.12. The maximum absolute atomic E-state index is 3.46. The van der Waals surface area contributed by atoms with E-state index in [-0.39, 0.29) is 0 Å². The van der Waals surface area contributed by atoms with Crippen LogP contribution in [0.15, 0.2) is 15.0 Å². The molecule has 0 spiro atoms. The van der Waals surface area contributed by atoms with Gasteiger partial charge in [0.1, 0.15) is 0 Å². The molecular formula is C3H5BiN. The maximum atomic E-state index is 3.46. The third-order valence-electron chi connectivity index (χ3n) is 0.180. The summed E-state index contributed by atoms with van der Waals surface area (Å²) < 4.78 is 1.97. The molecule has 0 heterocycles. The Bertz CT molecular complexity index is 48.9. The van der Waals surface area contributed by atoms with E-state index in [1.165, 1.54) is 0 Å². The van der Waals surface area contributed by atoms with Crippen LogP contribution in [0.25, 0.3) is 0 Å². The van der Waals surface area contributed by atoms with Crippen molar-refractivity contribution in [3.8, 4) is 0 Å². The van der Waals surface area contributed by atoms with Crippen LogP contribution in [0.3, 0.4) is 0 Å². The molecule has 0 aliphatic heterocycles. The van der Waals surface area contributed by atoms with Crippen molar-refractivity contribution in [2.45, 2.75) is 0 Å². The summed E-state index contributed by atoms with van der Waals surface area (Å²) in [7, 11) is 0. The second-order valence-electron chi connectivity index (χ2n) is 0.498. The van der Waals surface area contributed by atoms with E-state index in [4.69, 9.17) is 0 Å². The molecule has 27 valence electrons. The molecule has 0 amide bonds. The Morgan fingerprint density at radius 3 is 2.40 bits per heavy atom. The van der Waals surface area contributed by atoms with E-state index in [1.54, 1.807) is 6.20 Å². The van der Waals surface area contributed by atoms with Crippen LogP contribution in [0.2, 0.25) is 0 Å². The summed E-state index contributed by atoms with van der Waals surface area (Å²) in [5.74, 6) is 0. The summed E-state index contributed by atoms with van der Waals surface area (Å²) in [6, 6.07) is 0. The molecule has 0 atom stereocenters. The molecule has 0 unspecified atom stereocenters. The second kappa shape index (κ2) is 4.29. The molecule has 0 fully saturated rings. The summed E-state index contributed by atoms with van der Waals surface area (Å²) in [6.45, 7) is 3.24. The van der Waals surface area contributed by atoms with Gasteiger partial charge in [0.25, 0.3) is 0 Å². The first-order chi connectivity index (χ1) is 2.41. The molecule has 0 saturated heterocycles. The van der Waals surface area contributed by atoms with Crippen LogP contribution in [0.1, 0.15) is 0 Å². The quantitative estimate of drug-likeness (QED) is 0.469. The predicted octanol–water partition coefficient (Wildman–Crippen LogP) is 0.0590. The van der Waals surface area contributed by atoms with Crippen molar-refractivity contribution < 1.29 is 0 Å². The van der Waals surface area contributed by atoms with Gasteiger partial charge in [-0.2, -0.15) is 0 Å². The van der Waals surface area contributed by atoms with Crippen LogP contribution < -0.4 is 0 Å². The molecule has 0 aliphatic carbocycles. The minimum absolute atomic E-state index is 1.08. The molecule has 1 radical (unpaired) electrons. The van der Waals surface area contributed by atoms with Gasteiger partial charge in [0.2, 0.25) is 0 Å². The standard InChI is InChI=1S/C3H4N.Bi.H/c1-3-4-2;;/h1,3H,2H2;;. The van der Waals surface area contributed by atoms with Gasteiger partial charge in [-0.3, -0.25) is 0 Å². The van der Waals surface area contributed by atoms with E-state index >= 15 is 0 Å². The molecule has 0 aromatic carbocycles. The van der Waals surface area contributed by atoms with Gasteiger partial charge in [-0.15, -0.1) is 0 Å². The molecule has 2 heteroatoms. The van der Waals surface area contributed by atoms with Crippen LogP contribution in [0.5, 0.6) is 0 Å². The van der Waals surface area contributed by atoms with Gasteiger partial charge in [0.05, 0.1) is 0 Å². The summed E-state index contributed by atoms with van der Waals surface area (Å²) >= 11 is 1.08. The first kappa shape index (κ1) is 5.29. The monoisotopic (exact) mass is 264 g/mol. The van der Waals surface area contributed by atoms with E-state index in [0.29, 0.717) is 0 Å². The predicted molar refractivity (Wildman–Crippen MR) is 25.8 cm³/mol. The number of rotatable bonds is 1. The van der Waals surface area contributed by atoms with Crippen LogP contribution in [0.4, 0.5) is 0 Å². The Morgan fingerprint density at radius 1 is 1.80 bits per heavy atom. The fraction of sp³-hybridized carbons (Fsp3) is 0. The molecule has 0 bridgehead atoms. The minimum atomic E-state index is 1.08. The summed E-state index contributed by atoms with van der Waals surface area (Å²) in [5.41, 5.74) is 0. The molecule has 0 saturated carbocycles. The number of hydrogen-bond acceptors (Lipinski definition) is 1. The van der Waals surface area contributed by atoms with Crippen molar-refractivity contribution in [2.24, 2.45) is 4.99 Å². The van der Waals surface area contributed by atoms with Crippen molar-refractivity contribution in [3.63, 3.8) is 0 Å². The Balaban J connectivity index is 2.92. The van der Waals surface area contributed by atoms with Crippen LogP contribution in [-0.4, -0.2) is 31.4 Å². The molecule has 0 N–H and O–H groups in total. The third-order valence-corrected chi connectivity index (χ3v) is 0.759. The number of aliphatic imine (C=N–C) groups is 1. The zero-order valence-corrected chi connectivity index (χ0v) is 6.70. The van der Waals surface area contributed by atoms with Gasteiger partial charge in [0, 0.05) is 0 Å². The molecule has 0 aromatic rings. The van der Waals surface area contributed by atoms with E-state index in [0.717, 1.165) is 24.7 Å². The van der Waals surface area contributed by atoms with Crippen molar-refractivity contribution in [1.29, 1.82) is 0 Å². The van der Waals surface area contributed by atoms with E-state index in [2.05, 4.69) is 11.7 Å². The topological polar surface area (TPSA) is 12.4 Å². The first-order valence-corrected chi connectivity index (χ1v) is 3.44. The SMILES string of the molecule is C=NC=[CH][BiH]. The molecule has 0 rings (SSSR count). The fourth-order valence-electron chi connectivity index (χ4n) is 0.0527. The zero-order valence-electron chi connectivity index (χ0n) is 2.81. The van der Waals surface area contributed by atoms with E-state index in [1.807, 2.05) is 3.78 Å². The molecule has 5 heavy (non-hydrogen) atoms. The van der Waals surface area contributed by atoms with E-state index in [9.17, 15) is 0 Å². The van der Waals surface area contributed by atoms with Crippen molar-refractivity contribution in [2.75, 3.05) is 0 Å². The molecule has 0 aliphatic rings. The van der Waals surface area contributed by atoms with Crippen molar-refractivity contribution in [1.82, 2.24) is 0 Å². The number of nitrogens with zero attached hydrogens (tertiary/aromatic N) is 1. The fourth-order valence-corrected chi connectivity index (χ4v) is 0.462. The molecular weight excluding hydrogens is 259 g/mol. The van der Waals surface area contributed by atoms with Gasteiger partial charge in [-0.1, -0.05) is 0 Å². The summed E-state index contributed by atoms with van der Waals surface area (Å²) in [5, 5.41) is 0. The van der Waals surface area contributed by atoms with Gasteiger partial charge >= 0.3 is 46.4 Å². The molecule has 0 aromatic heterocycles. The number of hydrogen-bond donors (Lipinski definition) is 0. The van der Waals surface area contributed by atoms with Gasteiger partial charge in [0.15, 0.2) is 0 Å². The van der Waals surface area contributed by atoms with E-state index < -0.39 is 0 Å². The third kappa shape index (κ3) is 4.29. The second-order valence-corrected chi connectivity index (χ2v) is 1.79. The van der Waals surface area contributed by atoms with Gasteiger partial charge in [-0.05, 0) is 0 Å². The Hall–Kier alpha value is 0.293. The van der Waals surface area contributed by atoms with Crippen molar-refractivity contribution >= 4 is 31.4 Å². The first-order valence-electron chi connectivity index (χ1n) is 1.20. The Morgan fingerprint density at radius 2 is 2.40 bits per heavy atom. The molecule has 1 nitrogen and oxygen atoms in total. The summed E-state index contributed by atoms with van der Waals surface area (Å²) in [6.07, 6.45) is 1.70.